The zero-order valence-electron chi connectivity index (χ0n) is 18.0. The number of aromatic nitrogens is 2. The first-order valence-electron chi connectivity index (χ1n) is 10.5. The number of anilines is 2. The topological polar surface area (TPSA) is 102 Å². The third kappa shape index (κ3) is 5.28. The molecule has 1 aromatic heterocycles. The van der Waals surface area contributed by atoms with Crippen molar-refractivity contribution in [3.05, 3.63) is 73.1 Å². The van der Waals surface area contributed by atoms with E-state index in [-0.39, 0.29) is 29.6 Å². The normalized spacial score (nSPS) is 17.4. The summed E-state index contributed by atoms with van der Waals surface area (Å²) < 4.78 is 44.4. The van der Waals surface area contributed by atoms with Crippen LogP contribution in [-0.4, -0.2) is 28.0 Å². The van der Waals surface area contributed by atoms with Crippen LogP contribution in [-0.2, 0) is 11.0 Å². The van der Waals surface area contributed by atoms with Crippen molar-refractivity contribution < 1.29 is 22.7 Å². The zero-order valence-corrected chi connectivity index (χ0v) is 18.0. The number of hydrogen-bond donors (Lipinski definition) is 3. The van der Waals surface area contributed by atoms with E-state index in [2.05, 4.69) is 27.2 Å². The molecule has 0 saturated heterocycles. The van der Waals surface area contributed by atoms with Gasteiger partial charge in [0.25, 0.3) is 0 Å². The van der Waals surface area contributed by atoms with Crippen LogP contribution in [0.25, 0.3) is 11.1 Å². The Balaban J connectivity index is 1.47. The molecule has 1 heterocycles. The van der Waals surface area contributed by atoms with Crippen LogP contribution in [0, 0.1) is 0 Å². The van der Waals surface area contributed by atoms with Crippen molar-refractivity contribution in [1.29, 1.82) is 0 Å². The molecule has 1 aliphatic rings. The fraction of sp³-hybridized carbons (Fsp3) is 0.208. The number of rotatable bonds is 7. The maximum Gasteiger partial charge on any atom is 0.416 e. The third-order valence-corrected chi connectivity index (χ3v) is 5.43. The Hall–Kier alpha value is -4.08. The number of nitrogens with zero attached hydrogens (tertiary/aromatic N) is 2. The maximum absolute atomic E-state index is 12.9. The van der Waals surface area contributed by atoms with Gasteiger partial charge in [0.1, 0.15) is 29.5 Å². The number of carbonyl (C=O) groups excluding carboxylic acids is 1. The molecule has 7 nitrogen and oxygen atoms in total. The van der Waals surface area contributed by atoms with Gasteiger partial charge in [-0.15, -0.1) is 0 Å². The molecule has 4 rings (SSSR count). The smallest absolute Gasteiger partial charge is 0.416 e. The highest BCUT2D eigenvalue weighted by Gasteiger charge is 2.31. The fourth-order valence-electron chi connectivity index (χ4n) is 3.66. The lowest BCUT2D eigenvalue weighted by molar-refractivity contribution is -0.137. The summed E-state index contributed by atoms with van der Waals surface area (Å²) >= 11 is 0. The Bertz CT molecular complexity index is 1190. The third-order valence-electron chi connectivity index (χ3n) is 5.43. The summed E-state index contributed by atoms with van der Waals surface area (Å²) in [6.07, 6.45) is -0.388. The molecule has 0 unspecified atom stereocenters. The molecular weight excluding hydrogens is 447 g/mol. The van der Waals surface area contributed by atoms with Gasteiger partial charge in [0.2, 0.25) is 5.91 Å². The summed E-state index contributed by atoms with van der Waals surface area (Å²) in [5.74, 6) is 1.07. The first-order chi connectivity index (χ1) is 16.2. The second-order valence-electron chi connectivity index (χ2n) is 7.86. The van der Waals surface area contributed by atoms with Crippen molar-refractivity contribution in [2.45, 2.75) is 31.1 Å². The lowest BCUT2D eigenvalue weighted by Gasteiger charge is -2.36. The van der Waals surface area contributed by atoms with Gasteiger partial charge in [-0.05, 0) is 54.8 Å². The predicted molar refractivity (Wildman–Crippen MR) is 122 cm³/mol. The van der Waals surface area contributed by atoms with Crippen molar-refractivity contribution >= 4 is 17.5 Å². The minimum atomic E-state index is -4.45. The van der Waals surface area contributed by atoms with E-state index in [9.17, 15) is 18.0 Å². The molecule has 0 aliphatic heterocycles. The van der Waals surface area contributed by atoms with Crippen LogP contribution in [0.1, 0.15) is 18.4 Å². The van der Waals surface area contributed by atoms with E-state index in [1.165, 1.54) is 24.5 Å². The lowest BCUT2D eigenvalue weighted by atomic mass is 9.86. The number of carbonyl (C=O) groups is 1. The van der Waals surface area contributed by atoms with Crippen molar-refractivity contribution in [2.75, 3.05) is 11.1 Å². The average Bonchev–Trinajstić information content (AvgIpc) is 2.78. The Morgan fingerprint density at radius 2 is 1.82 bits per heavy atom. The summed E-state index contributed by atoms with van der Waals surface area (Å²) in [5, 5.41) is 6.18. The number of halogens is 3. The van der Waals surface area contributed by atoms with Gasteiger partial charge < -0.3 is 21.1 Å². The van der Waals surface area contributed by atoms with Crippen LogP contribution in [0.2, 0.25) is 0 Å². The highest BCUT2D eigenvalue weighted by Crippen LogP contribution is 2.36. The molecule has 0 radical (unpaired) electrons. The number of nitrogens with two attached hydrogens (primary N) is 1. The number of nitrogen functional groups attached to an aromatic ring is 1. The molecule has 4 N–H and O–H groups in total. The van der Waals surface area contributed by atoms with Crippen LogP contribution < -0.4 is 21.1 Å². The van der Waals surface area contributed by atoms with Crippen molar-refractivity contribution in [3.63, 3.8) is 0 Å². The molecule has 34 heavy (non-hydrogen) atoms. The quantitative estimate of drug-likeness (QED) is 0.431. The van der Waals surface area contributed by atoms with Crippen LogP contribution in [0.4, 0.5) is 24.8 Å². The molecule has 176 valence electrons. The molecule has 1 saturated carbocycles. The van der Waals surface area contributed by atoms with Gasteiger partial charge in [-0.1, -0.05) is 24.8 Å². The monoisotopic (exact) mass is 469 g/mol. The van der Waals surface area contributed by atoms with E-state index >= 15 is 0 Å². The number of nitrogens with one attached hydrogen (secondary N) is 2. The molecule has 2 aromatic carbocycles. The first-order valence-corrected chi connectivity index (χ1v) is 10.5. The van der Waals surface area contributed by atoms with E-state index in [0.29, 0.717) is 22.7 Å². The molecule has 1 aliphatic carbocycles. The van der Waals surface area contributed by atoms with Gasteiger partial charge in [-0.2, -0.15) is 13.2 Å². The van der Waals surface area contributed by atoms with Crippen LogP contribution in [0.15, 0.2) is 67.5 Å². The van der Waals surface area contributed by atoms with Gasteiger partial charge in [0.05, 0.1) is 11.1 Å². The van der Waals surface area contributed by atoms with Crippen molar-refractivity contribution in [3.8, 4) is 22.6 Å². The van der Waals surface area contributed by atoms with Crippen molar-refractivity contribution in [1.82, 2.24) is 15.3 Å². The van der Waals surface area contributed by atoms with E-state index in [1.807, 2.05) is 0 Å². The summed E-state index contributed by atoms with van der Waals surface area (Å²) in [7, 11) is 0. The molecular formula is C24H22F3N5O2. The molecule has 0 spiro atoms. The molecule has 1 fully saturated rings. The minimum Gasteiger partial charge on any atom is -0.457 e. The Kier molecular flexibility index (Phi) is 6.40. The Morgan fingerprint density at radius 1 is 1.09 bits per heavy atom. The van der Waals surface area contributed by atoms with E-state index in [0.717, 1.165) is 25.0 Å². The van der Waals surface area contributed by atoms with Crippen molar-refractivity contribution in [2.24, 2.45) is 0 Å². The van der Waals surface area contributed by atoms with E-state index in [4.69, 9.17) is 10.5 Å². The number of ether oxygens (including phenoxy) is 1. The van der Waals surface area contributed by atoms with Gasteiger partial charge >= 0.3 is 6.18 Å². The van der Waals surface area contributed by atoms with Gasteiger partial charge in [0.15, 0.2) is 0 Å². The summed E-state index contributed by atoms with van der Waals surface area (Å²) in [4.78, 5) is 19.8. The number of benzene rings is 2. The van der Waals surface area contributed by atoms with Gasteiger partial charge in [0, 0.05) is 12.1 Å². The second kappa shape index (κ2) is 9.42. The van der Waals surface area contributed by atoms with Crippen LogP contribution in [0.5, 0.6) is 11.5 Å². The molecule has 0 atom stereocenters. The lowest BCUT2D eigenvalue weighted by Crippen LogP contribution is -2.49. The zero-order chi connectivity index (χ0) is 24.3. The predicted octanol–water partition coefficient (Wildman–Crippen LogP) is 4.78. The fourth-order valence-corrected chi connectivity index (χ4v) is 3.66. The highest BCUT2D eigenvalue weighted by molar-refractivity contribution is 5.87. The molecule has 3 aromatic rings. The van der Waals surface area contributed by atoms with E-state index in [1.54, 1.807) is 24.3 Å². The van der Waals surface area contributed by atoms with Gasteiger partial charge in [-0.25, -0.2) is 9.97 Å². The van der Waals surface area contributed by atoms with Crippen LogP contribution >= 0.6 is 0 Å². The number of amides is 1. The first kappa shape index (κ1) is 23.1. The Morgan fingerprint density at radius 3 is 2.50 bits per heavy atom. The van der Waals surface area contributed by atoms with Gasteiger partial charge in [-0.3, -0.25) is 4.79 Å². The largest absolute Gasteiger partial charge is 0.457 e. The maximum atomic E-state index is 12.9. The number of hydrogen-bond acceptors (Lipinski definition) is 6. The second-order valence-corrected chi connectivity index (χ2v) is 7.86. The molecule has 0 bridgehead atoms. The highest BCUT2D eigenvalue weighted by atomic mass is 19.4. The van der Waals surface area contributed by atoms with Crippen LogP contribution in [0.3, 0.4) is 0 Å². The summed E-state index contributed by atoms with van der Waals surface area (Å²) in [6.45, 7) is 3.44. The Labute approximate surface area is 193 Å². The molecule has 10 heteroatoms. The summed E-state index contributed by atoms with van der Waals surface area (Å²) in [6, 6.07) is 11.6. The minimum absolute atomic E-state index is 0.0675. The summed E-state index contributed by atoms with van der Waals surface area (Å²) in [5.41, 5.74) is 6.66. The average molecular weight is 469 g/mol. The SMILES string of the molecule is C=CC(=O)NC1CC(Nc2ncnc(N)c2-c2ccc(Oc3cccc(C(F)(F)F)c3)cc2)C1. The standard InChI is InChI=1S/C24H22F3N5O2/c1-2-20(33)31-16-11-17(12-16)32-23-21(22(28)29-13-30-23)14-6-8-18(9-7-14)34-19-5-3-4-15(10-19)24(25,26)27/h2-10,13,16-17H,1,11-12H2,(H,31,33)(H3,28,29,30,32). The molecule has 1 amide bonds. The van der Waals surface area contributed by atoms with E-state index < -0.39 is 11.7 Å². The number of alkyl halides is 3.